The van der Waals surface area contributed by atoms with Gasteiger partial charge in [-0.1, -0.05) is 32.0 Å². The summed E-state index contributed by atoms with van der Waals surface area (Å²) in [7, 11) is 0. The van der Waals surface area contributed by atoms with Gasteiger partial charge in [-0.2, -0.15) is 0 Å². The van der Waals surface area contributed by atoms with Crippen LogP contribution >= 0.6 is 0 Å². The van der Waals surface area contributed by atoms with E-state index in [1.54, 1.807) is 12.1 Å². The molecule has 0 atom stereocenters. The number of para-hydroxylation sites is 1. The van der Waals surface area contributed by atoms with Crippen LogP contribution in [0.15, 0.2) is 36.4 Å². The Balaban J connectivity index is 1.92. The fourth-order valence-electron chi connectivity index (χ4n) is 3.56. The van der Waals surface area contributed by atoms with Gasteiger partial charge in [-0.15, -0.1) is 0 Å². The molecule has 1 aliphatic rings. The molecule has 0 aliphatic carbocycles. The van der Waals surface area contributed by atoms with Gasteiger partial charge in [-0.25, -0.2) is 0 Å². The van der Waals surface area contributed by atoms with Gasteiger partial charge in [0.05, 0.1) is 4.92 Å². The highest BCUT2D eigenvalue weighted by Crippen LogP contribution is 2.33. The Morgan fingerprint density at radius 3 is 2.52 bits per heavy atom. The summed E-state index contributed by atoms with van der Waals surface area (Å²) in [6.07, 6.45) is 2.06. The number of nitro groups is 1. The molecule has 1 heterocycles. The molecule has 0 saturated carbocycles. The monoisotopic (exact) mass is 367 g/mol. The molecule has 142 valence electrons. The van der Waals surface area contributed by atoms with Crippen LogP contribution in [0.25, 0.3) is 0 Å². The fourth-order valence-corrected chi connectivity index (χ4v) is 3.56. The number of hydrogen-bond donors (Lipinski definition) is 1. The van der Waals surface area contributed by atoms with Gasteiger partial charge in [0.2, 0.25) is 0 Å². The van der Waals surface area contributed by atoms with Crippen molar-refractivity contribution in [2.24, 2.45) is 0 Å². The quantitative estimate of drug-likeness (QED) is 0.604. The minimum atomic E-state index is -0.405. The van der Waals surface area contributed by atoms with E-state index in [-0.39, 0.29) is 17.5 Å². The highest BCUT2D eigenvalue weighted by Gasteiger charge is 2.24. The van der Waals surface area contributed by atoms with Crippen molar-refractivity contribution in [2.45, 2.75) is 39.5 Å². The first-order valence-electron chi connectivity index (χ1n) is 9.32. The van der Waals surface area contributed by atoms with Crippen LogP contribution in [0.5, 0.6) is 0 Å². The van der Waals surface area contributed by atoms with E-state index in [1.165, 1.54) is 6.07 Å². The molecule has 6 nitrogen and oxygen atoms in total. The Bertz CT molecular complexity index is 871. The van der Waals surface area contributed by atoms with Gasteiger partial charge in [0.1, 0.15) is 5.69 Å². The number of nitrogens with zero attached hydrogens (tertiary/aromatic N) is 2. The van der Waals surface area contributed by atoms with Gasteiger partial charge in [0, 0.05) is 30.4 Å². The van der Waals surface area contributed by atoms with Crippen molar-refractivity contribution in [2.75, 3.05) is 23.3 Å². The van der Waals surface area contributed by atoms with E-state index in [4.69, 9.17) is 0 Å². The number of carbonyl (C=O) groups is 1. The van der Waals surface area contributed by atoms with Gasteiger partial charge >= 0.3 is 0 Å². The summed E-state index contributed by atoms with van der Waals surface area (Å²) in [6, 6.07) is 10.7. The van der Waals surface area contributed by atoms with E-state index >= 15 is 0 Å². The summed E-state index contributed by atoms with van der Waals surface area (Å²) in [5.74, 6) is -0.0747. The summed E-state index contributed by atoms with van der Waals surface area (Å²) in [5, 5.41) is 14.5. The normalized spacial score (nSPS) is 13.9. The number of hydrogen-bond acceptors (Lipinski definition) is 4. The van der Waals surface area contributed by atoms with Crippen molar-refractivity contribution in [3.05, 3.63) is 63.2 Å². The first-order chi connectivity index (χ1) is 12.9. The van der Waals surface area contributed by atoms with Crippen molar-refractivity contribution in [1.29, 1.82) is 0 Å². The Morgan fingerprint density at radius 1 is 1.19 bits per heavy atom. The van der Waals surface area contributed by atoms with Crippen molar-refractivity contribution < 1.29 is 9.72 Å². The third-order valence-electron chi connectivity index (χ3n) is 5.05. The van der Waals surface area contributed by atoms with Crippen molar-refractivity contribution in [3.8, 4) is 0 Å². The van der Waals surface area contributed by atoms with E-state index in [9.17, 15) is 14.9 Å². The molecular weight excluding hydrogens is 342 g/mol. The maximum absolute atomic E-state index is 12.8. The third-order valence-corrected chi connectivity index (χ3v) is 5.05. The van der Waals surface area contributed by atoms with Crippen LogP contribution in [0.4, 0.5) is 17.1 Å². The first kappa shape index (κ1) is 18.9. The second-order valence-corrected chi connectivity index (χ2v) is 7.30. The molecule has 1 fully saturated rings. The predicted molar refractivity (Wildman–Crippen MR) is 108 cm³/mol. The maximum atomic E-state index is 12.8. The molecule has 1 aliphatic heterocycles. The summed E-state index contributed by atoms with van der Waals surface area (Å²) < 4.78 is 0. The number of benzene rings is 2. The van der Waals surface area contributed by atoms with Crippen LogP contribution < -0.4 is 10.2 Å². The van der Waals surface area contributed by atoms with Crippen LogP contribution in [0.1, 0.15) is 54.1 Å². The number of amides is 1. The van der Waals surface area contributed by atoms with E-state index in [0.717, 1.165) is 42.7 Å². The Hall–Kier alpha value is -2.89. The first-order valence-corrected chi connectivity index (χ1v) is 9.32. The standard InChI is InChI=1S/C21H25N3O3/c1-14(2)17-8-6-7-15(3)20(17)22-21(25)16-9-10-18(19(13-16)24(26)27)23-11-4-5-12-23/h6-10,13-14H,4-5,11-12H2,1-3H3,(H,22,25). The molecular formula is C21H25N3O3. The third kappa shape index (κ3) is 3.94. The predicted octanol–water partition coefficient (Wildman–Crippen LogP) is 4.88. The minimum absolute atomic E-state index is 0.0154. The molecule has 1 amide bonds. The van der Waals surface area contributed by atoms with E-state index in [0.29, 0.717) is 11.3 Å². The molecule has 0 aromatic heterocycles. The zero-order valence-corrected chi connectivity index (χ0v) is 16.0. The van der Waals surface area contributed by atoms with Crippen LogP contribution in [0.2, 0.25) is 0 Å². The second-order valence-electron chi connectivity index (χ2n) is 7.30. The summed E-state index contributed by atoms with van der Waals surface area (Å²) >= 11 is 0. The molecule has 0 unspecified atom stereocenters. The zero-order valence-electron chi connectivity index (χ0n) is 16.0. The van der Waals surface area contributed by atoms with Crippen LogP contribution in [-0.2, 0) is 0 Å². The van der Waals surface area contributed by atoms with Gasteiger partial charge in [-0.05, 0) is 48.9 Å². The lowest BCUT2D eigenvalue weighted by Gasteiger charge is -2.19. The largest absolute Gasteiger partial charge is 0.366 e. The Labute approximate surface area is 159 Å². The van der Waals surface area contributed by atoms with E-state index in [2.05, 4.69) is 19.2 Å². The molecule has 6 heteroatoms. The summed E-state index contributed by atoms with van der Waals surface area (Å²) in [4.78, 5) is 26.0. The van der Waals surface area contributed by atoms with Crippen molar-refractivity contribution in [1.82, 2.24) is 0 Å². The Morgan fingerprint density at radius 2 is 1.89 bits per heavy atom. The van der Waals surface area contributed by atoms with Gasteiger partial charge < -0.3 is 10.2 Å². The van der Waals surface area contributed by atoms with Crippen molar-refractivity contribution >= 4 is 23.0 Å². The Kier molecular flexibility index (Phi) is 5.44. The molecule has 0 spiro atoms. The summed E-state index contributed by atoms with van der Waals surface area (Å²) in [5.41, 5.74) is 3.67. The van der Waals surface area contributed by atoms with Crippen molar-refractivity contribution in [3.63, 3.8) is 0 Å². The topological polar surface area (TPSA) is 75.5 Å². The van der Waals surface area contributed by atoms with E-state index in [1.807, 2.05) is 30.0 Å². The van der Waals surface area contributed by atoms with E-state index < -0.39 is 4.92 Å². The lowest BCUT2D eigenvalue weighted by atomic mass is 9.98. The molecule has 2 aromatic carbocycles. The van der Waals surface area contributed by atoms with Crippen LogP contribution in [0.3, 0.4) is 0 Å². The minimum Gasteiger partial charge on any atom is -0.366 e. The average Bonchev–Trinajstić information content (AvgIpc) is 3.17. The van der Waals surface area contributed by atoms with Crippen LogP contribution in [-0.4, -0.2) is 23.9 Å². The smallest absolute Gasteiger partial charge is 0.293 e. The molecule has 27 heavy (non-hydrogen) atoms. The number of aryl methyl sites for hydroxylation is 1. The lowest BCUT2D eigenvalue weighted by molar-refractivity contribution is -0.384. The fraction of sp³-hybridized carbons (Fsp3) is 0.381. The molecule has 1 N–H and O–H groups in total. The molecule has 2 aromatic rings. The molecule has 1 saturated heterocycles. The number of nitro benzene ring substituents is 1. The highest BCUT2D eigenvalue weighted by molar-refractivity contribution is 6.06. The number of carbonyl (C=O) groups excluding carboxylic acids is 1. The second kappa shape index (κ2) is 7.78. The van der Waals surface area contributed by atoms with Gasteiger partial charge in [-0.3, -0.25) is 14.9 Å². The van der Waals surface area contributed by atoms with Gasteiger partial charge in [0.15, 0.2) is 0 Å². The number of nitrogens with one attached hydrogen (secondary N) is 1. The zero-order chi connectivity index (χ0) is 19.6. The SMILES string of the molecule is Cc1cccc(C(C)C)c1NC(=O)c1ccc(N2CCCC2)c([N+](=O)[O-])c1. The van der Waals surface area contributed by atoms with Gasteiger partial charge in [0.25, 0.3) is 11.6 Å². The summed E-state index contributed by atoms with van der Waals surface area (Å²) in [6.45, 7) is 7.71. The number of rotatable bonds is 5. The highest BCUT2D eigenvalue weighted by atomic mass is 16.6. The average molecular weight is 367 g/mol. The molecule has 0 radical (unpaired) electrons. The lowest BCUT2D eigenvalue weighted by Crippen LogP contribution is -2.20. The number of anilines is 2. The molecule has 3 rings (SSSR count). The van der Waals surface area contributed by atoms with Crippen LogP contribution in [0, 0.1) is 17.0 Å². The maximum Gasteiger partial charge on any atom is 0.293 e. The molecule has 0 bridgehead atoms.